The molecule has 2 aromatic carbocycles. The lowest BCUT2D eigenvalue weighted by Crippen LogP contribution is -2.52. The molecule has 27 heavy (non-hydrogen) atoms. The smallest absolute Gasteiger partial charge is 0.120 e. The van der Waals surface area contributed by atoms with E-state index in [1.165, 1.54) is 5.56 Å². The summed E-state index contributed by atoms with van der Waals surface area (Å²) < 4.78 is 5.32. The summed E-state index contributed by atoms with van der Waals surface area (Å²) in [5.41, 5.74) is 2.05. The number of aliphatic hydroxyl groups is 1. The highest BCUT2D eigenvalue weighted by Crippen LogP contribution is 2.25. The average Bonchev–Trinajstić information content (AvgIpc) is 2.67. The third kappa shape index (κ3) is 5.36. The Hall–Kier alpha value is -1.79. The van der Waals surface area contributed by atoms with E-state index in [4.69, 9.17) is 16.3 Å². The number of hydrogen-bond donors (Lipinski definition) is 2. The van der Waals surface area contributed by atoms with Gasteiger partial charge in [-0.05, 0) is 42.3 Å². The zero-order valence-electron chi connectivity index (χ0n) is 15.6. The zero-order chi connectivity index (χ0) is 19.2. The van der Waals surface area contributed by atoms with Crippen LogP contribution in [0.4, 0.5) is 0 Å². The molecule has 0 radical (unpaired) electrons. The highest BCUT2D eigenvalue weighted by atomic mass is 35.5. The Bertz CT molecular complexity index is 756. The van der Waals surface area contributed by atoms with Crippen LogP contribution in [0.3, 0.4) is 0 Å². The Balaban J connectivity index is 1.66. The van der Waals surface area contributed by atoms with Gasteiger partial charge in [0.2, 0.25) is 0 Å². The maximum absolute atomic E-state index is 10.1. The molecule has 1 aliphatic heterocycles. The highest BCUT2D eigenvalue weighted by Gasteiger charge is 2.27. The van der Waals surface area contributed by atoms with Crippen molar-refractivity contribution in [3.8, 4) is 11.5 Å². The number of nitrogens with zero attached hydrogens (tertiary/aromatic N) is 2. The SMILES string of the molecule is COc1cccc(CN2CCN(Cc3cc(Cl)ccc3O)C[C@@H]2CCO)c1. The van der Waals surface area contributed by atoms with Crippen LogP contribution in [0.1, 0.15) is 17.5 Å². The van der Waals surface area contributed by atoms with Crippen LogP contribution in [0.2, 0.25) is 5.02 Å². The van der Waals surface area contributed by atoms with Crippen LogP contribution >= 0.6 is 11.6 Å². The maximum atomic E-state index is 10.1. The van der Waals surface area contributed by atoms with Crippen molar-refractivity contribution in [1.29, 1.82) is 0 Å². The number of rotatable bonds is 7. The van der Waals surface area contributed by atoms with Crippen LogP contribution in [-0.4, -0.2) is 59.4 Å². The fourth-order valence-corrected chi connectivity index (χ4v) is 3.85. The molecular formula is C21H27ClN2O3. The first-order chi connectivity index (χ1) is 13.1. The van der Waals surface area contributed by atoms with E-state index in [2.05, 4.69) is 21.9 Å². The Morgan fingerprint density at radius 2 is 2.00 bits per heavy atom. The van der Waals surface area contributed by atoms with Gasteiger partial charge in [0.05, 0.1) is 7.11 Å². The number of aromatic hydroxyl groups is 1. The zero-order valence-corrected chi connectivity index (χ0v) is 16.4. The van der Waals surface area contributed by atoms with E-state index >= 15 is 0 Å². The number of phenols is 1. The van der Waals surface area contributed by atoms with E-state index in [1.807, 2.05) is 18.2 Å². The number of piperazine rings is 1. The summed E-state index contributed by atoms with van der Waals surface area (Å²) in [7, 11) is 1.68. The monoisotopic (exact) mass is 390 g/mol. The molecule has 1 fully saturated rings. The Morgan fingerprint density at radius 3 is 2.78 bits per heavy atom. The largest absolute Gasteiger partial charge is 0.508 e. The van der Waals surface area contributed by atoms with Gasteiger partial charge in [-0.2, -0.15) is 0 Å². The van der Waals surface area contributed by atoms with E-state index in [0.29, 0.717) is 11.6 Å². The molecule has 6 heteroatoms. The lowest BCUT2D eigenvalue weighted by molar-refractivity contribution is 0.0496. The Morgan fingerprint density at radius 1 is 1.15 bits per heavy atom. The molecule has 1 aliphatic rings. The minimum Gasteiger partial charge on any atom is -0.508 e. The van der Waals surface area contributed by atoms with E-state index in [9.17, 15) is 10.2 Å². The second-order valence-electron chi connectivity index (χ2n) is 7.00. The molecular weight excluding hydrogens is 364 g/mol. The summed E-state index contributed by atoms with van der Waals surface area (Å²) in [6, 6.07) is 13.5. The summed E-state index contributed by atoms with van der Waals surface area (Å²) in [4.78, 5) is 4.73. The number of aliphatic hydroxyl groups excluding tert-OH is 1. The average molecular weight is 391 g/mol. The third-order valence-corrected chi connectivity index (χ3v) is 5.34. The van der Waals surface area contributed by atoms with Crippen LogP contribution in [-0.2, 0) is 13.1 Å². The van der Waals surface area contributed by atoms with Gasteiger partial charge >= 0.3 is 0 Å². The van der Waals surface area contributed by atoms with Gasteiger partial charge in [0.25, 0.3) is 0 Å². The molecule has 5 nitrogen and oxygen atoms in total. The fourth-order valence-electron chi connectivity index (χ4n) is 3.66. The molecule has 2 N–H and O–H groups in total. The van der Waals surface area contributed by atoms with Gasteiger partial charge in [0.15, 0.2) is 0 Å². The minimum atomic E-state index is 0.162. The van der Waals surface area contributed by atoms with Crippen LogP contribution in [0, 0.1) is 0 Å². The Kier molecular flexibility index (Phi) is 6.96. The predicted octanol–water partition coefficient (Wildman–Crippen LogP) is 3.12. The van der Waals surface area contributed by atoms with Crippen molar-refractivity contribution in [2.75, 3.05) is 33.4 Å². The van der Waals surface area contributed by atoms with Gasteiger partial charge in [-0.25, -0.2) is 0 Å². The van der Waals surface area contributed by atoms with Gasteiger partial charge < -0.3 is 14.9 Å². The lowest BCUT2D eigenvalue weighted by atomic mass is 10.1. The van der Waals surface area contributed by atoms with E-state index in [0.717, 1.165) is 43.9 Å². The summed E-state index contributed by atoms with van der Waals surface area (Å²) in [5, 5.41) is 20.2. The van der Waals surface area contributed by atoms with Crippen LogP contribution in [0.15, 0.2) is 42.5 Å². The number of methoxy groups -OCH3 is 1. The summed E-state index contributed by atoms with van der Waals surface area (Å²) in [6.07, 6.45) is 0.724. The van der Waals surface area contributed by atoms with E-state index < -0.39 is 0 Å². The van der Waals surface area contributed by atoms with Gasteiger partial charge in [-0.15, -0.1) is 0 Å². The Labute approximate surface area is 165 Å². The first kappa shape index (κ1) is 20.0. The first-order valence-electron chi connectivity index (χ1n) is 9.26. The molecule has 0 unspecified atom stereocenters. The highest BCUT2D eigenvalue weighted by molar-refractivity contribution is 6.30. The number of ether oxygens (including phenoxy) is 1. The second-order valence-corrected chi connectivity index (χ2v) is 7.43. The van der Waals surface area contributed by atoms with Gasteiger partial charge in [0.1, 0.15) is 11.5 Å². The minimum absolute atomic E-state index is 0.162. The van der Waals surface area contributed by atoms with Gasteiger partial charge in [-0.3, -0.25) is 9.80 Å². The van der Waals surface area contributed by atoms with Crippen molar-refractivity contribution >= 4 is 11.6 Å². The molecule has 0 saturated carbocycles. The van der Waals surface area contributed by atoms with Crippen molar-refractivity contribution in [2.45, 2.75) is 25.6 Å². The van der Waals surface area contributed by atoms with E-state index in [-0.39, 0.29) is 18.4 Å². The summed E-state index contributed by atoms with van der Waals surface area (Å²) in [6.45, 7) is 4.30. The van der Waals surface area contributed by atoms with Crippen molar-refractivity contribution < 1.29 is 14.9 Å². The van der Waals surface area contributed by atoms with Gasteiger partial charge in [0, 0.05) is 56.0 Å². The van der Waals surface area contributed by atoms with Crippen LogP contribution < -0.4 is 4.74 Å². The molecule has 0 aliphatic carbocycles. The summed E-state index contributed by atoms with van der Waals surface area (Å²) >= 11 is 6.07. The van der Waals surface area contributed by atoms with Crippen molar-refractivity contribution in [2.24, 2.45) is 0 Å². The molecule has 0 aromatic heterocycles. The van der Waals surface area contributed by atoms with Crippen LogP contribution in [0.5, 0.6) is 11.5 Å². The molecule has 0 amide bonds. The van der Waals surface area contributed by atoms with Gasteiger partial charge in [-0.1, -0.05) is 23.7 Å². The summed E-state index contributed by atoms with van der Waals surface area (Å²) in [5.74, 6) is 1.14. The standard InChI is InChI=1S/C21H27ClN2O3/c1-27-20-4-2-3-16(11-20)13-24-9-8-23(15-19(24)7-10-25)14-17-12-18(22)5-6-21(17)26/h2-6,11-12,19,25-26H,7-10,13-15H2,1H3/t19-/m0/s1. The maximum Gasteiger partial charge on any atom is 0.120 e. The lowest BCUT2D eigenvalue weighted by Gasteiger charge is -2.41. The third-order valence-electron chi connectivity index (χ3n) is 5.11. The number of phenolic OH excluding ortho intramolecular Hbond substituents is 1. The molecule has 1 saturated heterocycles. The fraction of sp³-hybridized carbons (Fsp3) is 0.429. The van der Waals surface area contributed by atoms with E-state index in [1.54, 1.807) is 19.2 Å². The molecule has 0 spiro atoms. The predicted molar refractivity (Wildman–Crippen MR) is 107 cm³/mol. The normalized spacial score (nSPS) is 18.6. The number of halogens is 1. The number of benzene rings is 2. The topological polar surface area (TPSA) is 56.2 Å². The quantitative estimate of drug-likeness (QED) is 0.760. The van der Waals surface area contributed by atoms with Crippen molar-refractivity contribution in [3.63, 3.8) is 0 Å². The molecule has 146 valence electrons. The molecule has 3 rings (SSSR count). The molecule has 0 bridgehead atoms. The number of hydrogen-bond acceptors (Lipinski definition) is 5. The molecule has 2 aromatic rings. The molecule has 1 heterocycles. The first-order valence-corrected chi connectivity index (χ1v) is 9.64. The molecule has 1 atom stereocenters. The second kappa shape index (κ2) is 9.42. The van der Waals surface area contributed by atoms with Crippen molar-refractivity contribution in [1.82, 2.24) is 9.80 Å². The van der Waals surface area contributed by atoms with Crippen LogP contribution in [0.25, 0.3) is 0 Å². The van der Waals surface area contributed by atoms with Crippen molar-refractivity contribution in [3.05, 3.63) is 58.6 Å².